The van der Waals surface area contributed by atoms with Gasteiger partial charge in [0.1, 0.15) is 25.0 Å². The van der Waals surface area contributed by atoms with Crippen molar-refractivity contribution in [3.63, 3.8) is 0 Å². The standard InChI is InChI=1S/C14H17N5O6/c1-6(20)23-4-9-8(24-7(2)21)3-10(25-9)19-5-16-11-12(19)17-14(15)18-13(11)22/h5,8-10H,3-4H2,1-2H3,(H3,15,17,18,22)/t8-,9+,10?/m0/s1. The Morgan fingerprint density at radius 1 is 1.40 bits per heavy atom. The van der Waals surface area contributed by atoms with Gasteiger partial charge in [0, 0.05) is 20.3 Å². The van der Waals surface area contributed by atoms with Crippen molar-refractivity contribution >= 4 is 29.1 Å². The van der Waals surface area contributed by atoms with Crippen LogP contribution in [0.3, 0.4) is 0 Å². The normalized spacial score (nSPS) is 22.9. The van der Waals surface area contributed by atoms with Gasteiger partial charge in [-0.25, -0.2) is 4.98 Å². The minimum absolute atomic E-state index is 0.0568. The maximum Gasteiger partial charge on any atom is 0.303 e. The minimum Gasteiger partial charge on any atom is -0.492 e. The van der Waals surface area contributed by atoms with Crippen LogP contribution in [0.1, 0.15) is 26.5 Å². The molecule has 2 aromatic heterocycles. The lowest BCUT2D eigenvalue weighted by atomic mass is 10.2. The fourth-order valence-electron chi connectivity index (χ4n) is 2.69. The van der Waals surface area contributed by atoms with Gasteiger partial charge in [0.2, 0.25) is 11.8 Å². The number of anilines is 1. The van der Waals surface area contributed by atoms with Gasteiger partial charge < -0.3 is 25.1 Å². The molecule has 0 amide bonds. The topological polar surface area (TPSA) is 152 Å². The third kappa shape index (κ3) is 3.45. The number of aromatic hydroxyl groups is 1. The number of imidazole rings is 1. The van der Waals surface area contributed by atoms with Gasteiger partial charge in [-0.15, -0.1) is 0 Å². The highest BCUT2D eigenvalue weighted by atomic mass is 16.6. The summed E-state index contributed by atoms with van der Waals surface area (Å²) in [4.78, 5) is 34.1. The predicted molar refractivity (Wildman–Crippen MR) is 82.1 cm³/mol. The van der Waals surface area contributed by atoms with E-state index in [1.807, 2.05) is 0 Å². The van der Waals surface area contributed by atoms with Gasteiger partial charge >= 0.3 is 11.9 Å². The number of carbonyl (C=O) groups excluding carboxylic acids is 2. The molecule has 3 rings (SSSR count). The number of hydrogen-bond donors (Lipinski definition) is 2. The van der Waals surface area contributed by atoms with Crippen LogP contribution >= 0.6 is 0 Å². The van der Waals surface area contributed by atoms with Crippen molar-refractivity contribution in [2.24, 2.45) is 0 Å². The van der Waals surface area contributed by atoms with E-state index >= 15 is 0 Å². The molecule has 134 valence electrons. The number of aromatic nitrogens is 4. The summed E-state index contributed by atoms with van der Waals surface area (Å²) in [5.74, 6) is -1.39. The summed E-state index contributed by atoms with van der Waals surface area (Å²) in [6.45, 7) is 2.51. The van der Waals surface area contributed by atoms with Gasteiger partial charge in [-0.1, -0.05) is 0 Å². The Morgan fingerprint density at radius 3 is 2.84 bits per heavy atom. The third-order valence-corrected chi connectivity index (χ3v) is 3.68. The van der Waals surface area contributed by atoms with E-state index in [4.69, 9.17) is 19.9 Å². The number of rotatable bonds is 4. The summed E-state index contributed by atoms with van der Waals surface area (Å²) < 4.78 is 17.6. The van der Waals surface area contributed by atoms with Gasteiger partial charge in [-0.3, -0.25) is 14.2 Å². The summed E-state index contributed by atoms with van der Waals surface area (Å²) >= 11 is 0. The Bertz CT molecular complexity index is 821. The summed E-state index contributed by atoms with van der Waals surface area (Å²) in [5, 5.41) is 9.80. The van der Waals surface area contributed by atoms with E-state index in [9.17, 15) is 14.7 Å². The fourth-order valence-corrected chi connectivity index (χ4v) is 2.69. The van der Waals surface area contributed by atoms with Gasteiger partial charge in [-0.2, -0.15) is 9.97 Å². The molecule has 25 heavy (non-hydrogen) atoms. The fraction of sp³-hybridized carbons (Fsp3) is 0.500. The molecule has 0 spiro atoms. The van der Waals surface area contributed by atoms with Crippen LogP contribution in [0.25, 0.3) is 11.2 Å². The summed E-state index contributed by atoms with van der Waals surface area (Å²) in [7, 11) is 0. The molecule has 1 fully saturated rings. The van der Waals surface area contributed by atoms with E-state index in [0.29, 0.717) is 6.42 Å². The number of carbonyl (C=O) groups is 2. The number of hydrogen-bond acceptors (Lipinski definition) is 10. The van der Waals surface area contributed by atoms with E-state index in [-0.39, 0.29) is 29.6 Å². The molecule has 0 saturated carbocycles. The number of esters is 2. The highest BCUT2D eigenvalue weighted by Crippen LogP contribution is 2.34. The van der Waals surface area contributed by atoms with Crippen LogP contribution in [0.15, 0.2) is 6.33 Å². The molecular formula is C14H17N5O6. The molecule has 1 unspecified atom stereocenters. The molecule has 0 radical (unpaired) electrons. The first-order valence-electron chi connectivity index (χ1n) is 7.50. The maximum atomic E-state index is 11.3. The molecule has 3 N–H and O–H groups in total. The van der Waals surface area contributed by atoms with Crippen molar-refractivity contribution in [3.05, 3.63) is 6.33 Å². The molecule has 11 heteroatoms. The monoisotopic (exact) mass is 351 g/mol. The second-order valence-electron chi connectivity index (χ2n) is 5.54. The molecule has 2 aromatic rings. The molecule has 0 bridgehead atoms. The van der Waals surface area contributed by atoms with Crippen molar-refractivity contribution in [1.29, 1.82) is 0 Å². The lowest BCUT2D eigenvalue weighted by molar-refractivity contribution is -0.155. The Morgan fingerprint density at radius 2 is 2.16 bits per heavy atom. The number of ether oxygens (including phenoxy) is 3. The highest BCUT2D eigenvalue weighted by Gasteiger charge is 2.40. The van der Waals surface area contributed by atoms with Crippen molar-refractivity contribution in [3.8, 4) is 5.88 Å². The SMILES string of the molecule is CC(=O)OC[C@H]1OC(n2cnc3c(O)nc(N)nc32)C[C@@H]1OC(C)=O. The predicted octanol–water partition coefficient (Wildman–Crippen LogP) is -0.104. The quantitative estimate of drug-likeness (QED) is 0.714. The first-order chi connectivity index (χ1) is 11.8. The van der Waals surface area contributed by atoms with Crippen LogP contribution in [0.2, 0.25) is 0 Å². The summed E-state index contributed by atoms with van der Waals surface area (Å²) in [6.07, 6.45) is -0.122. The Kier molecular flexibility index (Phi) is 4.40. The van der Waals surface area contributed by atoms with Gasteiger partial charge in [0.05, 0.1) is 6.33 Å². The smallest absolute Gasteiger partial charge is 0.303 e. The molecule has 1 saturated heterocycles. The average Bonchev–Trinajstić information content (AvgIpc) is 3.08. The first-order valence-corrected chi connectivity index (χ1v) is 7.50. The van der Waals surface area contributed by atoms with E-state index in [1.165, 1.54) is 20.2 Å². The van der Waals surface area contributed by atoms with Gasteiger partial charge in [0.25, 0.3) is 0 Å². The van der Waals surface area contributed by atoms with Crippen molar-refractivity contribution in [1.82, 2.24) is 19.5 Å². The van der Waals surface area contributed by atoms with Crippen LogP contribution in [0.5, 0.6) is 5.88 Å². The molecule has 0 aliphatic carbocycles. The third-order valence-electron chi connectivity index (χ3n) is 3.68. The Hall–Kier alpha value is -2.95. The van der Waals surface area contributed by atoms with Gasteiger partial charge in [0.15, 0.2) is 11.2 Å². The maximum absolute atomic E-state index is 11.3. The van der Waals surface area contributed by atoms with Crippen LogP contribution in [0.4, 0.5) is 5.95 Å². The number of nitrogens with zero attached hydrogens (tertiary/aromatic N) is 4. The van der Waals surface area contributed by atoms with E-state index in [0.717, 1.165) is 0 Å². The lowest BCUT2D eigenvalue weighted by Crippen LogP contribution is -2.31. The van der Waals surface area contributed by atoms with Crippen molar-refractivity contribution < 1.29 is 28.9 Å². The molecule has 1 aliphatic rings. The molecular weight excluding hydrogens is 334 g/mol. The first kappa shape index (κ1) is 16.9. The number of nitrogen functional groups attached to an aromatic ring is 1. The zero-order chi connectivity index (χ0) is 18.1. The second-order valence-corrected chi connectivity index (χ2v) is 5.54. The second kappa shape index (κ2) is 6.51. The van der Waals surface area contributed by atoms with E-state index in [1.54, 1.807) is 4.57 Å². The van der Waals surface area contributed by atoms with Crippen LogP contribution in [-0.2, 0) is 23.8 Å². The highest BCUT2D eigenvalue weighted by molar-refractivity contribution is 5.77. The summed E-state index contributed by atoms with van der Waals surface area (Å²) in [5.41, 5.74) is 6.02. The number of nitrogens with two attached hydrogens (primary N) is 1. The average molecular weight is 351 g/mol. The minimum atomic E-state index is -0.636. The molecule has 11 nitrogen and oxygen atoms in total. The van der Waals surface area contributed by atoms with Gasteiger partial charge in [-0.05, 0) is 0 Å². The van der Waals surface area contributed by atoms with Crippen molar-refractivity contribution in [2.75, 3.05) is 12.3 Å². The molecule has 0 aromatic carbocycles. The van der Waals surface area contributed by atoms with Crippen LogP contribution in [0, 0.1) is 0 Å². The zero-order valence-corrected chi connectivity index (χ0v) is 13.6. The Balaban J connectivity index is 1.87. The molecule has 1 aliphatic heterocycles. The largest absolute Gasteiger partial charge is 0.492 e. The zero-order valence-electron chi connectivity index (χ0n) is 13.6. The summed E-state index contributed by atoms with van der Waals surface area (Å²) in [6, 6.07) is 0. The molecule has 3 atom stereocenters. The van der Waals surface area contributed by atoms with Crippen LogP contribution < -0.4 is 5.73 Å². The van der Waals surface area contributed by atoms with E-state index < -0.39 is 30.4 Å². The molecule has 3 heterocycles. The van der Waals surface area contributed by atoms with Crippen molar-refractivity contribution in [2.45, 2.75) is 38.7 Å². The van der Waals surface area contributed by atoms with E-state index in [2.05, 4.69) is 15.0 Å². The number of fused-ring (bicyclic) bond motifs is 1. The lowest BCUT2D eigenvalue weighted by Gasteiger charge is -2.17. The van der Waals surface area contributed by atoms with Crippen LogP contribution in [-0.4, -0.2) is 55.4 Å². The Labute approximate surface area is 141 Å².